The second-order valence-electron chi connectivity index (χ2n) is 8.30. The minimum Gasteiger partial charge on any atom is -0.489 e. The predicted octanol–water partition coefficient (Wildman–Crippen LogP) is 5.57. The number of non-ortho nitro benzene ring substituents is 1. The molecule has 0 saturated carbocycles. The van der Waals surface area contributed by atoms with E-state index in [9.17, 15) is 10.1 Å². The molecule has 0 N–H and O–H groups in total. The molecule has 0 unspecified atom stereocenters. The lowest BCUT2D eigenvalue weighted by Crippen LogP contribution is -2.23. The highest BCUT2D eigenvalue weighted by molar-refractivity contribution is 5.47. The predicted molar refractivity (Wildman–Crippen MR) is 100 cm³/mol. The van der Waals surface area contributed by atoms with Gasteiger partial charge in [-0.05, 0) is 46.2 Å². The van der Waals surface area contributed by atoms with Crippen LogP contribution in [-0.4, -0.2) is 4.92 Å². The van der Waals surface area contributed by atoms with Gasteiger partial charge >= 0.3 is 0 Å². The quantitative estimate of drug-likeness (QED) is 0.540. The standard InChI is InChI=1S/C21H26NO3/c1-20(2,3)17-8-7-9-18(19(17)21(4,5)6)25-14-15-10-12-16(13-11-15)22(23)24/h7,9-13H,14H2,1-6H3. The number of nitrogens with zero attached hydrogens (tertiary/aromatic N) is 1. The van der Waals surface area contributed by atoms with Gasteiger partial charge in [0.25, 0.3) is 5.69 Å². The van der Waals surface area contributed by atoms with E-state index in [2.05, 4.69) is 47.6 Å². The summed E-state index contributed by atoms with van der Waals surface area (Å²) in [5.41, 5.74) is 3.19. The van der Waals surface area contributed by atoms with Crippen molar-refractivity contribution in [1.82, 2.24) is 0 Å². The SMILES string of the molecule is CC(C)(C)c1[c]ccc(OCc2ccc([N+](=O)[O-])cc2)c1C(C)(C)C. The Kier molecular flexibility index (Phi) is 5.21. The third-order valence-electron chi connectivity index (χ3n) is 4.00. The molecule has 0 heterocycles. The number of ether oxygens (including phenoxy) is 1. The number of rotatable bonds is 4. The van der Waals surface area contributed by atoms with Crippen molar-refractivity contribution < 1.29 is 9.66 Å². The molecule has 25 heavy (non-hydrogen) atoms. The molecule has 0 spiro atoms. The summed E-state index contributed by atoms with van der Waals surface area (Å²) in [6, 6.07) is 13.7. The number of benzene rings is 2. The van der Waals surface area contributed by atoms with E-state index in [0.717, 1.165) is 22.4 Å². The molecule has 0 bridgehead atoms. The molecule has 0 aliphatic carbocycles. The Hall–Kier alpha value is -2.36. The third-order valence-corrected chi connectivity index (χ3v) is 4.00. The van der Waals surface area contributed by atoms with E-state index in [-0.39, 0.29) is 16.5 Å². The molecule has 0 atom stereocenters. The second kappa shape index (κ2) is 6.87. The van der Waals surface area contributed by atoms with Crippen LogP contribution in [0.25, 0.3) is 0 Å². The van der Waals surface area contributed by atoms with Crippen molar-refractivity contribution in [1.29, 1.82) is 0 Å². The van der Waals surface area contributed by atoms with Crippen molar-refractivity contribution in [3.63, 3.8) is 0 Å². The highest BCUT2D eigenvalue weighted by Crippen LogP contribution is 2.39. The number of nitro benzene ring substituents is 1. The molecular formula is C21H26NO3. The van der Waals surface area contributed by atoms with Crippen molar-refractivity contribution in [2.75, 3.05) is 0 Å². The van der Waals surface area contributed by atoms with Crippen molar-refractivity contribution in [3.05, 3.63) is 69.3 Å². The van der Waals surface area contributed by atoms with Crippen molar-refractivity contribution in [3.8, 4) is 5.75 Å². The summed E-state index contributed by atoms with van der Waals surface area (Å²) in [6.45, 7) is 13.4. The van der Waals surface area contributed by atoms with E-state index in [4.69, 9.17) is 4.74 Å². The first-order valence-corrected chi connectivity index (χ1v) is 8.42. The Bertz CT molecular complexity index is 750. The summed E-state index contributed by atoms with van der Waals surface area (Å²) in [5, 5.41) is 10.7. The lowest BCUT2D eigenvalue weighted by Gasteiger charge is -2.31. The molecule has 0 aliphatic rings. The Morgan fingerprint density at radius 1 is 1.00 bits per heavy atom. The van der Waals surface area contributed by atoms with E-state index in [0.29, 0.717) is 6.61 Å². The van der Waals surface area contributed by atoms with E-state index >= 15 is 0 Å². The zero-order valence-corrected chi connectivity index (χ0v) is 15.8. The van der Waals surface area contributed by atoms with Gasteiger partial charge in [0.1, 0.15) is 12.4 Å². The van der Waals surface area contributed by atoms with Crippen LogP contribution in [0.15, 0.2) is 36.4 Å². The molecule has 2 aromatic rings. The molecule has 0 amide bonds. The summed E-state index contributed by atoms with van der Waals surface area (Å²) in [7, 11) is 0. The van der Waals surface area contributed by atoms with Crippen molar-refractivity contribution in [2.24, 2.45) is 0 Å². The molecule has 0 fully saturated rings. The second-order valence-corrected chi connectivity index (χ2v) is 8.30. The monoisotopic (exact) mass is 340 g/mol. The van der Waals surface area contributed by atoms with Crippen LogP contribution in [0.4, 0.5) is 5.69 Å². The van der Waals surface area contributed by atoms with Gasteiger partial charge in [-0.2, -0.15) is 0 Å². The molecule has 0 aliphatic heterocycles. The van der Waals surface area contributed by atoms with E-state index in [1.54, 1.807) is 12.1 Å². The van der Waals surface area contributed by atoms with Crippen LogP contribution in [0.1, 0.15) is 58.2 Å². The van der Waals surface area contributed by atoms with Crippen LogP contribution in [-0.2, 0) is 17.4 Å². The van der Waals surface area contributed by atoms with E-state index in [1.165, 1.54) is 12.1 Å². The minimum atomic E-state index is -0.398. The van der Waals surface area contributed by atoms with Gasteiger partial charge in [0, 0.05) is 17.7 Å². The van der Waals surface area contributed by atoms with Gasteiger partial charge in [0.05, 0.1) is 4.92 Å². The zero-order chi connectivity index (χ0) is 18.8. The Morgan fingerprint density at radius 2 is 1.60 bits per heavy atom. The van der Waals surface area contributed by atoms with Crippen LogP contribution in [0, 0.1) is 16.2 Å². The third kappa shape index (κ3) is 4.59. The average Bonchev–Trinajstić information content (AvgIpc) is 2.51. The fraction of sp³-hybridized carbons (Fsp3) is 0.429. The maximum Gasteiger partial charge on any atom is 0.269 e. The molecule has 0 aromatic heterocycles. The van der Waals surface area contributed by atoms with Gasteiger partial charge in [-0.25, -0.2) is 0 Å². The van der Waals surface area contributed by atoms with Crippen LogP contribution in [0.5, 0.6) is 5.75 Å². The van der Waals surface area contributed by atoms with Crippen LogP contribution < -0.4 is 4.74 Å². The smallest absolute Gasteiger partial charge is 0.269 e. The maximum absolute atomic E-state index is 10.7. The Labute approximate surface area is 150 Å². The van der Waals surface area contributed by atoms with Crippen LogP contribution in [0.2, 0.25) is 0 Å². The summed E-state index contributed by atoms with van der Waals surface area (Å²) >= 11 is 0. The molecule has 133 valence electrons. The summed E-state index contributed by atoms with van der Waals surface area (Å²) in [6.07, 6.45) is 0. The normalized spacial score (nSPS) is 12.1. The topological polar surface area (TPSA) is 52.4 Å². The molecule has 4 nitrogen and oxygen atoms in total. The number of hydrogen-bond donors (Lipinski definition) is 0. The molecule has 0 saturated heterocycles. The first-order chi connectivity index (χ1) is 11.5. The Balaban J connectivity index is 2.32. The van der Waals surface area contributed by atoms with Crippen molar-refractivity contribution >= 4 is 5.69 Å². The molecular weight excluding hydrogens is 314 g/mol. The largest absolute Gasteiger partial charge is 0.489 e. The molecule has 4 heteroatoms. The van der Waals surface area contributed by atoms with Crippen LogP contribution in [0.3, 0.4) is 0 Å². The Morgan fingerprint density at radius 3 is 2.08 bits per heavy atom. The van der Waals surface area contributed by atoms with Crippen LogP contribution >= 0.6 is 0 Å². The van der Waals surface area contributed by atoms with Gasteiger partial charge in [-0.3, -0.25) is 10.1 Å². The van der Waals surface area contributed by atoms with Gasteiger partial charge in [-0.15, -0.1) is 0 Å². The maximum atomic E-state index is 10.7. The van der Waals surface area contributed by atoms with E-state index in [1.807, 2.05) is 12.1 Å². The first kappa shape index (κ1) is 19.0. The summed E-state index contributed by atoms with van der Waals surface area (Å²) in [5.74, 6) is 0.842. The number of nitro groups is 1. The molecule has 2 aromatic carbocycles. The zero-order valence-electron chi connectivity index (χ0n) is 15.8. The highest BCUT2D eigenvalue weighted by Gasteiger charge is 2.28. The summed E-state index contributed by atoms with van der Waals surface area (Å²) in [4.78, 5) is 10.4. The lowest BCUT2D eigenvalue weighted by atomic mass is 9.75. The first-order valence-electron chi connectivity index (χ1n) is 8.42. The van der Waals surface area contributed by atoms with Gasteiger partial charge in [0.2, 0.25) is 0 Å². The molecule has 1 radical (unpaired) electrons. The average molecular weight is 340 g/mol. The van der Waals surface area contributed by atoms with Gasteiger partial charge in [0.15, 0.2) is 0 Å². The van der Waals surface area contributed by atoms with E-state index < -0.39 is 4.92 Å². The fourth-order valence-electron chi connectivity index (χ4n) is 2.81. The van der Waals surface area contributed by atoms with Gasteiger partial charge < -0.3 is 4.74 Å². The fourth-order valence-corrected chi connectivity index (χ4v) is 2.81. The van der Waals surface area contributed by atoms with Gasteiger partial charge in [-0.1, -0.05) is 47.6 Å². The number of hydrogen-bond acceptors (Lipinski definition) is 3. The minimum absolute atomic E-state index is 0.0324. The molecule has 2 rings (SSSR count). The highest BCUT2D eigenvalue weighted by atomic mass is 16.6. The lowest BCUT2D eigenvalue weighted by molar-refractivity contribution is -0.384. The summed E-state index contributed by atoms with van der Waals surface area (Å²) < 4.78 is 6.10. The van der Waals surface area contributed by atoms with Crippen molar-refractivity contribution in [2.45, 2.75) is 59.0 Å².